The highest BCUT2D eigenvalue weighted by atomic mass is 16.2. The van der Waals surface area contributed by atoms with Crippen LogP contribution in [0.1, 0.15) is 56.7 Å². The van der Waals surface area contributed by atoms with Crippen LogP contribution in [0, 0.1) is 11.8 Å². The number of rotatable bonds is 6. The first kappa shape index (κ1) is 24.5. The first-order chi connectivity index (χ1) is 16.4. The summed E-state index contributed by atoms with van der Waals surface area (Å²) in [4.78, 5) is 29.8. The second kappa shape index (κ2) is 10.7. The molecule has 4 rings (SSSR count). The first-order valence-electron chi connectivity index (χ1n) is 12.8. The van der Waals surface area contributed by atoms with Crippen molar-refractivity contribution in [3.05, 3.63) is 71.3 Å². The highest BCUT2D eigenvalue weighted by molar-refractivity contribution is 5.88. The molecule has 2 aromatic rings. The van der Waals surface area contributed by atoms with E-state index in [2.05, 4.69) is 48.3 Å². The van der Waals surface area contributed by atoms with Crippen molar-refractivity contribution < 1.29 is 9.59 Å². The van der Waals surface area contributed by atoms with Gasteiger partial charge in [0.25, 0.3) is 0 Å². The summed E-state index contributed by atoms with van der Waals surface area (Å²) < 4.78 is 0. The first-order valence-corrected chi connectivity index (χ1v) is 12.8. The van der Waals surface area contributed by atoms with Crippen molar-refractivity contribution in [1.29, 1.82) is 0 Å². The third-order valence-corrected chi connectivity index (χ3v) is 7.65. The Morgan fingerprint density at radius 3 is 2.09 bits per heavy atom. The lowest BCUT2D eigenvalue weighted by Gasteiger charge is -2.40. The summed E-state index contributed by atoms with van der Waals surface area (Å²) in [6.45, 7) is 11.4. The number of carbonyl (C=O) groups is 2. The van der Waals surface area contributed by atoms with Gasteiger partial charge in [0.15, 0.2) is 0 Å². The Bertz CT molecular complexity index is 955. The molecule has 1 N–H and O–H groups in total. The SMILES string of the molecule is CC(=O)N1CCC(C(=O)NCc2ccc(CN3CC(C)CC(C)C3)cc2)(c2ccccc2)CC1. The zero-order chi connectivity index (χ0) is 24.1. The molecular weight excluding hydrogens is 422 g/mol. The summed E-state index contributed by atoms with van der Waals surface area (Å²) in [5.41, 5.74) is 2.89. The fourth-order valence-corrected chi connectivity index (χ4v) is 5.90. The third kappa shape index (κ3) is 5.69. The van der Waals surface area contributed by atoms with Crippen LogP contribution in [0.25, 0.3) is 0 Å². The molecule has 0 spiro atoms. The quantitative estimate of drug-likeness (QED) is 0.695. The van der Waals surface area contributed by atoms with Crippen LogP contribution in [0.5, 0.6) is 0 Å². The van der Waals surface area contributed by atoms with E-state index in [1.54, 1.807) is 6.92 Å². The average molecular weight is 462 g/mol. The van der Waals surface area contributed by atoms with E-state index in [0.29, 0.717) is 32.5 Å². The topological polar surface area (TPSA) is 52.7 Å². The van der Waals surface area contributed by atoms with Crippen molar-refractivity contribution in [2.75, 3.05) is 26.2 Å². The standard InChI is InChI=1S/C29H39N3O2/c1-22-17-23(2)20-31(19-22)21-26-11-9-25(10-12-26)18-30-28(34)29(27-7-5-4-6-8-27)13-15-32(16-14-29)24(3)33/h4-12,22-23H,13-21H2,1-3H3,(H,30,34). The Hall–Kier alpha value is -2.66. The van der Waals surface area contributed by atoms with Gasteiger partial charge in [0.1, 0.15) is 0 Å². The molecule has 2 aliphatic heterocycles. The molecule has 2 atom stereocenters. The van der Waals surface area contributed by atoms with Crippen LogP contribution in [0.15, 0.2) is 54.6 Å². The minimum absolute atomic E-state index is 0.0577. The summed E-state index contributed by atoms with van der Waals surface area (Å²) in [6.07, 6.45) is 2.62. The normalized spacial score (nSPS) is 22.9. The van der Waals surface area contributed by atoms with Gasteiger partial charge in [-0.15, -0.1) is 0 Å². The van der Waals surface area contributed by atoms with E-state index in [4.69, 9.17) is 0 Å². The molecule has 0 aliphatic carbocycles. The largest absolute Gasteiger partial charge is 0.351 e. The van der Waals surface area contributed by atoms with E-state index in [-0.39, 0.29) is 11.8 Å². The lowest BCUT2D eigenvalue weighted by Crippen LogP contribution is -2.52. The Balaban J connectivity index is 1.38. The number of nitrogens with one attached hydrogen (secondary N) is 1. The number of likely N-dealkylation sites (tertiary alicyclic amines) is 2. The maximum atomic E-state index is 13.5. The average Bonchev–Trinajstić information content (AvgIpc) is 2.83. The zero-order valence-corrected chi connectivity index (χ0v) is 20.9. The molecule has 2 saturated heterocycles. The van der Waals surface area contributed by atoms with Gasteiger partial charge in [-0.25, -0.2) is 0 Å². The van der Waals surface area contributed by atoms with Gasteiger partial charge in [-0.05, 0) is 47.8 Å². The smallest absolute Gasteiger partial charge is 0.231 e. The maximum Gasteiger partial charge on any atom is 0.231 e. The van der Waals surface area contributed by atoms with E-state index >= 15 is 0 Å². The predicted molar refractivity (Wildman–Crippen MR) is 136 cm³/mol. The molecule has 182 valence electrons. The van der Waals surface area contributed by atoms with Gasteiger partial charge in [0.05, 0.1) is 5.41 Å². The van der Waals surface area contributed by atoms with E-state index in [9.17, 15) is 9.59 Å². The third-order valence-electron chi connectivity index (χ3n) is 7.65. The number of amides is 2. The highest BCUT2D eigenvalue weighted by Crippen LogP contribution is 2.36. The molecule has 2 aliphatic rings. The van der Waals surface area contributed by atoms with Crippen molar-refractivity contribution in [3.63, 3.8) is 0 Å². The van der Waals surface area contributed by atoms with Gasteiger partial charge in [0, 0.05) is 46.2 Å². The van der Waals surface area contributed by atoms with Gasteiger partial charge in [0.2, 0.25) is 11.8 Å². The predicted octanol–water partition coefficient (Wildman–Crippen LogP) is 4.36. The van der Waals surface area contributed by atoms with Crippen LogP contribution >= 0.6 is 0 Å². The molecule has 5 heteroatoms. The van der Waals surface area contributed by atoms with E-state index in [1.807, 2.05) is 35.2 Å². The van der Waals surface area contributed by atoms with Crippen molar-refractivity contribution in [3.8, 4) is 0 Å². The van der Waals surface area contributed by atoms with Crippen LogP contribution in [0.3, 0.4) is 0 Å². The molecule has 5 nitrogen and oxygen atoms in total. The Labute approximate surface area is 204 Å². The molecule has 34 heavy (non-hydrogen) atoms. The molecule has 0 saturated carbocycles. The molecule has 2 heterocycles. The molecule has 2 aromatic carbocycles. The van der Waals surface area contributed by atoms with Gasteiger partial charge in [-0.2, -0.15) is 0 Å². The maximum absolute atomic E-state index is 13.5. The Morgan fingerprint density at radius 1 is 0.912 bits per heavy atom. The molecule has 0 radical (unpaired) electrons. The van der Waals surface area contributed by atoms with E-state index in [1.165, 1.54) is 25.1 Å². The van der Waals surface area contributed by atoms with Crippen LogP contribution in [-0.4, -0.2) is 47.8 Å². The number of nitrogens with zero attached hydrogens (tertiary/aromatic N) is 2. The number of benzene rings is 2. The fourth-order valence-electron chi connectivity index (χ4n) is 5.90. The molecule has 0 bridgehead atoms. The van der Waals surface area contributed by atoms with Crippen LogP contribution < -0.4 is 5.32 Å². The molecule has 0 aromatic heterocycles. The lowest BCUT2D eigenvalue weighted by molar-refractivity contribution is -0.135. The summed E-state index contributed by atoms with van der Waals surface area (Å²) in [6, 6.07) is 18.7. The second-order valence-electron chi connectivity index (χ2n) is 10.6. The highest BCUT2D eigenvalue weighted by Gasteiger charge is 2.43. The molecule has 2 amide bonds. The fraction of sp³-hybridized carbons (Fsp3) is 0.517. The van der Waals surface area contributed by atoms with Gasteiger partial charge in [-0.3, -0.25) is 14.5 Å². The zero-order valence-electron chi connectivity index (χ0n) is 20.9. The molecule has 2 fully saturated rings. The van der Waals surface area contributed by atoms with Crippen molar-refractivity contribution in [2.45, 2.75) is 58.5 Å². The second-order valence-corrected chi connectivity index (χ2v) is 10.6. The van der Waals surface area contributed by atoms with Crippen LogP contribution in [0.2, 0.25) is 0 Å². The van der Waals surface area contributed by atoms with Crippen molar-refractivity contribution in [2.24, 2.45) is 11.8 Å². The van der Waals surface area contributed by atoms with Crippen LogP contribution in [0.4, 0.5) is 0 Å². The van der Waals surface area contributed by atoms with E-state index < -0.39 is 5.41 Å². The minimum atomic E-state index is -0.588. The van der Waals surface area contributed by atoms with Gasteiger partial charge < -0.3 is 10.2 Å². The summed E-state index contributed by atoms with van der Waals surface area (Å²) >= 11 is 0. The van der Waals surface area contributed by atoms with E-state index in [0.717, 1.165) is 29.5 Å². The van der Waals surface area contributed by atoms with Gasteiger partial charge in [-0.1, -0.05) is 68.4 Å². The summed E-state index contributed by atoms with van der Waals surface area (Å²) in [7, 11) is 0. The molecule has 2 unspecified atom stereocenters. The lowest BCUT2D eigenvalue weighted by atomic mass is 9.72. The Morgan fingerprint density at radius 2 is 1.50 bits per heavy atom. The molecular formula is C29H39N3O2. The summed E-state index contributed by atoms with van der Waals surface area (Å²) in [5, 5.41) is 3.21. The number of hydrogen-bond acceptors (Lipinski definition) is 3. The summed E-state index contributed by atoms with van der Waals surface area (Å²) in [5.74, 6) is 1.66. The number of hydrogen-bond donors (Lipinski definition) is 1. The Kier molecular flexibility index (Phi) is 7.72. The number of carbonyl (C=O) groups excluding carboxylic acids is 2. The van der Waals surface area contributed by atoms with Gasteiger partial charge >= 0.3 is 0 Å². The van der Waals surface area contributed by atoms with Crippen LogP contribution in [-0.2, 0) is 28.1 Å². The van der Waals surface area contributed by atoms with Crippen molar-refractivity contribution in [1.82, 2.24) is 15.1 Å². The number of piperidine rings is 2. The monoisotopic (exact) mass is 461 g/mol. The minimum Gasteiger partial charge on any atom is -0.351 e. The van der Waals surface area contributed by atoms with Crippen molar-refractivity contribution >= 4 is 11.8 Å².